The highest BCUT2D eigenvalue weighted by Crippen LogP contribution is 2.31. The number of fused-ring (bicyclic) bond motifs is 2. The monoisotopic (exact) mass is 372 g/mol. The number of benzene rings is 1. The van der Waals surface area contributed by atoms with Gasteiger partial charge < -0.3 is 9.72 Å². The number of H-pyrrole nitrogens is 1. The summed E-state index contributed by atoms with van der Waals surface area (Å²) in [6, 6.07) is 11.1. The van der Waals surface area contributed by atoms with Crippen LogP contribution in [0.4, 0.5) is 0 Å². The normalized spacial score (nSPS) is 11.4. The molecule has 0 saturated heterocycles. The molecule has 0 spiro atoms. The van der Waals surface area contributed by atoms with Crippen LogP contribution in [0.5, 0.6) is 5.88 Å². The van der Waals surface area contributed by atoms with Gasteiger partial charge in [-0.15, -0.1) is 5.10 Å². The molecule has 0 radical (unpaired) electrons. The topological polar surface area (TPSA) is 90.1 Å². The average molecular weight is 372 g/mol. The first-order valence-corrected chi connectivity index (χ1v) is 8.67. The number of pyridine rings is 1. The minimum Gasteiger partial charge on any atom is -0.480 e. The number of aromatic nitrogens is 6. The van der Waals surface area contributed by atoms with Crippen molar-refractivity contribution in [3.05, 3.63) is 65.3 Å². The Bertz CT molecular complexity index is 1400. The lowest BCUT2D eigenvalue weighted by Crippen LogP contribution is -2.02. The second kappa shape index (κ2) is 6.05. The largest absolute Gasteiger partial charge is 0.480 e. The number of nitrogens with one attached hydrogen (secondary N) is 1. The van der Waals surface area contributed by atoms with Crippen molar-refractivity contribution in [3.63, 3.8) is 0 Å². The summed E-state index contributed by atoms with van der Waals surface area (Å²) in [7, 11) is 3.46. The molecule has 0 aliphatic heterocycles. The third-order valence-electron chi connectivity index (χ3n) is 4.69. The molecule has 5 aromatic rings. The van der Waals surface area contributed by atoms with Crippen LogP contribution in [-0.4, -0.2) is 36.5 Å². The van der Waals surface area contributed by atoms with Gasteiger partial charge in [-0.3, -0.25) is 9.48 Å². The molecule has 1 N–H and O–H groups in total. The van der Waals surface area contributed by atoms with Gasteiger partial charge >= 0.3 is 0 Å². The standard InChI is InChI=1S/C20H16N6O2/c1-25-11-14(9-22-25)15-8-18-21-10-17(26(18)24-20(15)28-2)13-3-5-16-12(7-13)4-6-19(27)23-16/h3-11H,1-2H3,(H,23,27). The van der Waals surface area contributed by atoms with Crippen molar-refractivity contribution in [1.82, 2.24) is 29.4 Å². The molecule has 0 aliphatic carbocycles. The predicted molar refractivity (Wildman–Crippen MR) is 105 cm³/mol. The zero-order valence-corrected chi connectivity index (χ0v) is 15.2. The van der Waals surface area contributed by atoms with E-state index in [4.69, 9.17) is 4.74 Å². The summed E-state index contributed by atoms with van der Waals surface area (Å²) in [6.45, 7) is 0. The van der Waals surface area contributed by atoms with E-state index in [2.05, 4.69) is 20.2 Å². The smallest absolute Gasteiger partial charge is 0.248 e. The van der Waals surface area contributed by atoms with Crippen molar-refractivity contribution in [2.45, 2.75) is 0 Å². The Morgan fingerprint density at radius 3 is 2.75 bits per heavy atom. The fraction of sp³-hybridized carbons (Fsp3) is 0.100. The molecule has 0 fully saturated rings. The maximum Gasteiger partial charge on any atom is 0.248 e. The Balaban J connectivity index is 1.69. The maximum absolute atomic E-state index is 11.5. The van der Waals surface area contributed by atoms with Crippen LogP contribution in [0, 0.1) is 0 Å². The number of imidazole rings is 1. The van der Waals surface area contributed by atoms with Crippen molar-refractivity contribution in [2.24, 2.45) is 7.05 Å². The van der Waals surface area contributed by atoms with Crippen molar-refractivity contribution < 1.29 is 4.74 Å². The molecule has 8 nitrogen and oxygen atoms in total. The quantitative estimate of drug-likeness (QED) is 0.526. The minimum absolute atomic E-state index is 0.121. The van der Waals surface area contributed by atoms with E-state index in [1.807, 2.05) is 37.5 Å². The average Bonchev–Trinajstić information content (AvgIpc) is 3.32. The summed E-state index contributed by atoms with van der Waals surface area (Å²) in [4.78, 5) is 18.8. The Kier molecular flexibility index (Phi) is 3.51. The summed E-state index contributed by atoms with van der Waals surface area (Å²) in [5, 5.41) is 9.80. The highest BCUT2D eigenvalue weighted by Gasteiger charge is 2.15. The van der Waals surface area contributed by atoms with Crippen LogP contribution in [0.15, 0.2) is 59.8 Å². The lowest BCUT2D eigenvalue weighted by molar-refractivity contribution is 0.392. The van der Waals surface area contributed by atoms with Crippen LogP contribution in [0.1, 0.15) is 0 Å². The van der Waals surface area contributed by atoms with E-state index in [0.717, 1.165) is 33.3 Å². The Labute approximate surface area is 159 Å². The molecule has 5 rings (SSSR count). The molecule has 138 valence electrons. The van der Waals surface area contributed by atoms with Crippen LogP contribution < -0.4 is 10.3 Å². The van der Waals surface area contributed by atoms with Crippen LogP contribution in [0.2, 0.25) is 0 Å². The zero-order valence-electron chi connectivity index (χ0n) is 15.2. The first-order chi connectivity index (χ1) is 13.6. The lowest BCUT2D eigenvalue weighted by Gasteiger charge is -2.08. The first-order valence-electron chi connectivity index (χ1n) is 8.67. The molecule has 4 heterocycles. The summed E-state index contributed by atoms with van der Waals surface area (Å²) >= 11 is 0. The third-order valence-corrected chi connectivity index (χ3v) is 4.69. The van der Waals surface area contributed by atoms with Crippen LogP contribution in [0.25, 0.3) is 38.9 Å². The van der Waals surface area contributed by atoms with Crippen molar-refractivity contribution in [1.29, 1.82) is 0 Å². The molecule has 0 saturated carbocycles. The summed E-state index contributed by atoms with van der Waals surface area (Å²) in [5.74, 6) is 0.491. The van der Waals surface area contributed by atoms with E-state index in [0.29, 0.717) is 11.5 Å². The molecular weight excluding hydrogens is 356 g/mol. The number of aromatic amines is 1. The van der Waals surface area contributed by atoms with E-state index in [9.17, 15) is 4.79 Å². The number of nitrogens with zero attached hydrogens (tertiary/aromatic N) is 5. The van der Waals surface area contributed by atoms with Crippen molar-refractivity contribution in [3.8, 4) is 28.3 Å². The van der Waals surface area contributed by atoms with Gasteiger partial charge in [-0.1, -0.05) is 6.07 Å². The molecule has 8 heteroatoms. The van der Waals surface area contributed by atoms with Crippen LogP contribution in [0.3, 0.4) is 0 Å². The van der Waals surface area contributed by atoms with Gasteiger partial charge in [0, 0.05) is 36.0 Å². The fourth-order valence-corrected chi connectivity index (χ4v) is 3.33. The van der Waals surface area contributed by atoms with Crippen LogP contribution >= 0.6 is 0 Å². The SMILES string of the molecule is COc1nn2c(-c3ccc4[nH]c(=O)ccc4c3)cnc2cc1-c1cnn(C)c1. The molecule has 4 aromatic heterocycles. The van der Waals surface area contributed by atoms with Gasteiger partial charge in [-0.25, -0.2) is 9.50 Å². The number of ether oxygens (including phenoxy) is 1. The summed E-state index contributed by atoms with van der Waals surface area (Å²) in [6.07, 6.45) is 5.45. The number of hydrogen-bond acceptors (Lipinski definition) is 5. The Morgan fingerprint density at radius 2 is 1.96 bits per heavy atom. The van der Waals surface area contributed by atoms with Gasteiger partial charge in [0.25, 0.3) is 0 Å². The molecule has 0 bridgehead atoms. The number of aryl methyl sites for hydroxylation is 1. The molecule has 1 aromatic carbocycles. The summed E-state index contributed by atoms with van der Waals surface area (Å²) in [5.41, 5.74) is 4.88. The zero-order chi connectivity index (χ0) is 19.3. The van der Waals surface area contributed by atoms with E-state index >= 15 is 0 Å². The van der Waals surface area contributed by atoms with E-state index in [1.165, 1.54) is 6.07 Å². The van der Waals surface area contributed by atoms with Gasteiger partial charge in [0.2, 0.25) is 11.4 Å². The highest BCUT2D eigenvalue weighted by atomic mass is 16.5. The minimum atomic E-state index is -0.121. The predicted octanol–water partition coefficient (Wildman–Crippen LogP) is 2.65. The second-order valence-electron chi connectivity index (χ2n) is 6.51. The van der Waals surface area contributed by atoms with E-state index in [1.54, 1.807) is 34.8 Å². The van der Waals surface area contributed by atoms with Gasteiger partial charge in [0.1, 0.15) is 0 Å². The lowest BCUT2D eigenvalue weighted by atomic mass is 10.1. The Hall–Kier alpha value is -3.94. The molecule has 0 amide bonds. The molecule has 28 heavy (non-hydrogen) atoms. The third kappa shape index (κ3) is 2.54. The summed E-state index contributed by atoms with van der Waals surface area (Å²) < 4.78 is 9.01. The highest BCUT2D eigenvalue weighted by molar-refractivity contribution is 5.84. The van der Waals surface area contributed by atoms with Crippen molar-refractivity contribution in [2.75, 3.05) is 7.11 Å². The first kappa shape index (κ1) is 16.2. The number of methoxy groups -OCH3 is 1. The maximum atomic E-state index is 11.5. The second-order valence-corrected chi connectivity index (χ2v) is 6.51. The van der Waals surface area contributed by atoms with Gasteiger partial charge in [0.15, 0.2) is 5.65 Å². The van der Waals surface area contributed by atoms with E-state index in [-0.39, 0.29) is 5.56 Å². The van der Waals surface area contributed by atoms with Gasteiger partial charge in [-0.05, 0) is 29.7 Å². The molecule has 0 unspecified atom stereocenters. The van der Waals surface area contributed by atoms with E-state index < -0.39 is 0 Å². The number of hydrogen-bond donors (Lipinski definition) is 1. The molecular formula is C20H16N6O2. The van der Waals surface area contributed by atoms with Gasteiger partial charge in [0.05, 0.1) is 30.8 Å². The molecule has 0 atom stereocenters. The fourth-order valence-electron chi connectivity index (χ4n) is 3.33. The Morgan fingerprint density at radius 1 is 1.07 bits per heavy atom. The number of rotatable bonds is 3. The van der Waals surface area contributed by atoms with Gasteiger partial charge in [-0.2, -0.15) is 5.10 Å². The molecule has 0 aliphatic rings. The van der Waals surface area contributed by atoms with Crippen molar-refractivity contribution >= 4 is 16.6 Å². The van der Waals surface area contributed by atoms with Crippen LogP contribution in [-0.2, 0) is 7.05 Å².